The van der Waals surface area contributed by atoms with E-state index in [9.17, 15) is 14.9 Å². The topological polar surface area (TPSA) is 88.9 Å². The summed E-state index contributed by atoms with van der Waals surface area (Å²) in [6.07, 6.45) is 2.04. The number of carbonyl (C=O) groups is 2. The molecule has 1 aliphatic rings. The third-order valence-electron chi connectivity index (χ3n) is 6.78. The van der Waals surface area contributed by atoms with E-state index in [2.05, 4.69) is 19.9 Å². The summed E-state index contributed by atoms with van der Waals surface area (Å²) in [6, 6.07) is 15.0. The van der Waals surface area contributed by atoms with Crippen LogP contribution in [-0.2, 0) is 30.2 Å². The lowest BCUT2D eigenvalue weighted by Crippen LogP contribution is -2.48. The maximum Gasteiger partial charge on any atom is 0.493 e. The Bertz CT molecular complexity index is 1150. The second kappa shape index (κ2) is 13.1. The molecule has 0 aliphatic carbocycles. The van der Waals surface area contributed by atoms with E-state index in [0.717, 1.165) is 35.0 Å². The highest BCUT2D eigenvalue weighted by Crippen LogP contribution is 2.26. The second-order valence-corrected chi connectivity index (χ2v) is 11.1. The van der Waals surface area contributed by atoms with Gasteiger partial charge in [0.2, 0.25) is 5.91 Å². The summed E-state index contributed by atoms with van der Waals surface area (Å²) in [5.41, 5.74) is 3.95. The van der Waals surface area contributed by atoms with Gasteiger partial charge in [0.15, 0.2) is 0 Å². The number of methoxy groups -OCH3 is 1. The summed E-state index contributed by atoms with van der Waals surface area (Å²) in [4.78, 5) is 27.4. The molecule has 1 atom stereocenters. The highest BCUT2D eigenvalue weighted by Gasteiger charge is 2.34. The minimum atomic E-state index is -0.661. The Morgan fingerprint density at radius 1 is 1.13 bits per heavy atom. The lowest BCUT2D eigenvalue weighted by atomic mass is 9.74. The summed E-state index contributed by atoms with van der Waals surface area (Å²) < 4.78 is 16.9. The van der Waals surface area contributed by atoms with Crippen molar-refractivity contribution < 1.29 is 23.6 Å². The van der Waals surface area contributed by atoms with Crippen molar-refractivity contribution in [1.29, 1.82) is 5.26 Å². The smallest absolute Gasteiger partial charge is 0.467 e. The van der Waals surface area contributed by atoms with Crippen LogP contribution < -0.4 is 5.46 Å². The van der Waals surface area contributed by atoms with Crippen LogP contribution in [0, 0.1) is 22.7 Å². The van der Waals surface area contributed by atoms with E-state index >= 15 is 0 Å². The van der Waals surface area contributed by atoms with Crippen molar-refractivity contribution in [2.45, 2.75) is 66.5 Å². The van der Waals surface area contributed by atoms with Gasteiger partial charge in [0, 0.05) is 31.6 Å². The number of rotatable bonds is 10. The standard InChI is InChI=1S/C30H39BN2O5/c1-7-8-9-27(34)33(28(21(2)3)29(35)36-6)18-22-10-12-23(13-11-22)26-16-25(15-14-24(26)17-32)31-37-19-30(4,5)20-38-31/h10-16,21,28H,7-9,18-20H2,1-6H3. The van der Waals surface area contributed by atoms with Crippen molar-refractivity contribution in [1.82, 2.24) is 4.90 Å². The SMILES string of the molecule is CCCCC(=O)N(Cc1ccc(-c2cc(B3OCC(C)(C)CO3)ccc2C#N)cc1)C(C(=O)OC)C(C)C. The average Bonchev–Trinajstić information content (AvgIpc) is 2.91. The normalized spacial score (nSPS) is 15.6. The molecule has 0 saturated carbocycles. The first-order valence-electron chi connectivity index (χ1n) is 13.3. The van der Waals surface area contributed by atoms with Gasteiger partial charge < -0.3 is 18.9 Å². The highest BCUT2D eigenvalue weighted by molar-refractivity contribution is 6.61. The third-order valence-corrected chi connectivity index (χ3v) is 6.78. The van der Waals surface area contributed by atoms with Crippen LogP contribution in [0.3, 0.4) is 0 Å². The van der Waals surface area contributed by atoms with Gasteiger partial charge in [-0.25, -0.2) is 4.79 Å². The van der Waals surface area contributed by atoms with Crippen LogP contribution in [0.2, 0.25) is 0 Å². The predicted molar refractivity (Wildman–Crippen MR) is 148 cm³/mol. The molecule has 0 radical (unpaired) electrons. The molecule has 1 saturated heterocycles. The van der Waals surface area contributed by atoms with Gasteiger partial charge in [-0.15, -0.1) is 0 Å². The van der Waals surface area contributed by atoms with E-state index < -0.39 is 19.1 Å². The molecule has 1 heterocycles. The van der Waals surface area contributed by atoms with Gasteiger partial charge in [-0.05, 0) is 40.6 Å². The molecule has 3 rings (SSSR count). The molecule has 2 aromatic carbocycles. The fourth-order valence-electron chi connectivity index (χ4n) is 4.61. The molecule has 2 aromatic rings. The second-order valence-electron chi connectivity index (χ2n) is 11.1. The van der Waals surface area contributed by atoms with E-state index in [1.165, 1.54) is 7.11 Å². The highest BCUT2D eigenvalue weighted by atomic mass is 16.6. The number of benzene rings is 2. The number of amides is 1. The summed E-state index contributed by atoms with van der Waals surface area (Å²) >= 11 is 0. The van der Waals surface area contributed by atoms with Gasteiger partial charge in [-0.3, -0.25) is 4.79 Å². The fourth-order valence-corrected chi connectivity index (χ4v) is 4.61. The zero-order valence-electron chi connectivity index (χ0n) is 23.5. The number of ether oxygens (including phenoxy) is 1. The van der Waals surface area contributed by atoms with Gasteiger partial charge in [-0.1, -0.05) is 77.4 Å². The molecular weight excluding hydrogens is 479 g/mol. The molecule has 1 fully saturated rings. The molecule has 0 bridgehead atoms. The Morgan fingerprint density at radius 2 is 1.79 bits per heavy atom. The summed E-state index contributed by atoms with van der Waals surface area (Å²) in [6.45, 7) is 11.6. The van der Waals surface area contributed by atoms with E-state index in [1.807, 2.05) is 57.2 Å². The minimum absolute atomic E-state index is 0.0317. The number of hydrogen-bond acceptors (Lipinski definition) is 6. The van der Waals surface area contributed by atoms with Crippen molar-refractivity contribution in [2.24, 2.45) is 11.3 Å². The Morgan fingerprint density at radius 3 is 2.34 bits per heavy atom. The van der Waals surface area contributed by atoms with Crippen molar-refractivity contribution in [3.05, 3.63) is 53.6 Å². The molecule has 202 valence electrons. The zero-order chi connectivity index (χ0) is 27.9. The third kappa shape index (κ3) is 7.24. The average molecular weight is 518 g/mol. The zero-order valence-corrected chi connectivity index (χ0v) is 23.5. The lowest BCUT2D eigenvalue weighted by Gasteiger charge is -2.33. The molecule has 0 N–H and O–H groups in total. The number of nitrogens with zero attached hydrogens (tertiary/aromatic N) is 2. The largest absolute Gasteiger partial charge is 0.493 e. The summed E-state index contributed by atoms with van der Waals surface area (Å²) in [5, 5.41) is 9.74. The number of nitriles is 1. The quantitative estimate of drug-likeness (QED) is 0.334. The van der Waals surface area contributed by atoms with Crippen LogP contribution in [-0.4, -0.2) is 50.3 Å². The number of carbonyl (C=O) groups excluding carboxylic acids is 2. The van der Waals surface area contributed by atoms with Gasteiger partial charge in [0.25, 0.3) is 0 Å². The number of esters is 1. The molecule has 1 unspecified atom stereocenters. The van der Waals surface area contributed by atoms with Gasteiger partial charge in [0.05, 0.1) is 18.7 Å². The van der Waals surface area contributed by atoms with Crippen LogP contribution in [0.5, 0.6) is 0 Å². The fraction of sp³-hybridized carbons (Fsp3) is 0.500. The monoisotopic (exact) mass is 518 g/mol. The van der Waals surface area contributed by atoms with Crippen LogP contribution >= 0.6 is 0 Å². The number of hydrogen-bond donors (Lipinski definition) is 0. The molecule has 0 aromatic heterocycles. The van der Waals surface area contributed by atoms with Gasteiger partial charge in [0.1, 0.15) is 6.04 Å². The Labute approximate surface area is 227 Å². The minimum Gasteiger partial charge on any atom is -0.467 e. The Hall–Kier alpha value is -3.15. The summed E-state index contributed by atoms with van der Waals surface area (Å²) in [5.74, 6) is -0.564. The molecule has 8 heteroatoms. The maximum atomic E-state index is 13.1. The maximum absolute atomic E-state index is 13.1. The molecule has 38 heavy (non-hydrogen) atoms. The lowest BCUT2D eigenvalue weighted by molar-refractivity contribution is -0.155. The van der Waals surface area contributed by atoms with E-state index in [-0.39, 0.29) is 17.2 Å². The van der Waals surface area contributed by atoms with Crippen LogP contribution in [0.1, 0.15) is 65.0 Å². The van der Waals surface area contributed by atoms with Gasteiger partial charge in [-0.2, -0.15) is 5.26 Å². The van der Waals surface area contributed by atoms with E-state index in [4.69, 9.17) is 14.0 Å². The summed E-state index contributed by atoms with van der Waals surface area (Å²) in [7, 11) is 0.884. The molecular formula is C30H39BN2O5. The van der Waals surface area contributed by atoms with Crippen molar-refractivity contribution in [2.75, 3.05) is 20.3 Å². The predicted octanol–water partition coefficient (Wildman–Crippen LogP) is 4.71. The van der Waals surface area contributed by atoms with Crippen molar-refractivity contribution in [3.63, 3.8) is 0 Å². The molecule has 1 amide bonds. The van der Waals surface area contributed by atoms with E-state index in [1.54, 1.807) is 11.0 Å². The number of unbranched alkanes of at least 4 members (excludes halogenated alkanes) is 1. The Kier molecular flexibility index (Phi) is 10.1. The molecule has 0 spiro atoms. The Balaban J connectivity index is 1.87. The van der Waals surface area contributed by atoms with Gasteiger partial charge >= 0.3 is 13.1 Å². The van der Waals surface area contributed by atoms with E-state index in [0.29, 0.717) is 31.7 Å². The molecule has 1 aliphatic heterocycles. The van der Waals surface area contributed by atoms with Crippen molar-refractivity contribution in [3.8, 4) is 17.2 Å². The van der Waals surface area contributed by atoms with Crippen LogP contribution in [0.25, 0.3) is 11.1 Å². The molecule has 7 nitrogen and oxygen atoms in total. The van der Waals surface area contributed by atoms with Crippen LogP contribution in [0.15, 0.2) is 42.5 Å². The van der Waals surface area contributed by atoms with Crippen LogP contribution in [0.4, 0.5) is 0 Å². The first-order valence-corrected chi connectivity index (χ1v) is 13.3. The first kappa shape index (κ1) is 29.4. The van der Waals surface area contributed by atoms with Crippen molar-refractivity contribution >= 4 is 24.5 Å². The first-order chi connectivity index (χ1) is 18.1.